The third-order valence-corrected chi connectivity index (χ3v) is 4.65. The van der Waals surface area contributed by atoms with Crippen LogP contribution in [0.15, 0.2) is 39.8 Å². The molecule has 7 nitrogen and oxygen atoms in total. The van der Waals surface area contributed by atoms with Crippen LogP contribution in [0.25, 0.3) is 10.1 Å². The molecule has 0 aliphatic carbocycles. The Morgan fingerprint density at radius 2 is 2.16 bits per heavy atom. The van der Waals surface area contributed by atoms with E-state index in [0.717, 1.165) is 10.3 Å². The molecule has 9 heteroatoms. The van der Waals surface area contributed by atoms with Crippen LogP contribution in [0.2, 0.25) is 0 Å². The third-order valence-electron chi connectivity index (χ3n) is 3.44. The van der Waals surface area contributed by atoms with E-state index in [-0.39, 0.29) is 24.0 Å². The lowest BCUT2D eigenvalue weighted by Crippen LogP contribution is -2.38. The number of benzene rings is 1. The number of thiophene rings is 1. The highest BCUT2D eigenvalue weighted by Gasteiger charge is 2.12. The molecule has 0 amide bonds. The first-order valence-corrected chi connectivity index (χ1v) is 8.37. The van der Waals surface area contributed by atoms with Gasteiger partial charge in [0, 0.05) is 23.2 Å². The van der Waals surface area contributed by atoms with Gasteiger partial charge < -0.3 is 20.3 Å². The number of aryl methyl sites for hydroxylation is 1. The second-order valence-corrected chi connectivity index (χ2v) is 6.36. The van der Waals surface area contributed by atoms with E-state index in [1.165, 1.54) is 4.70 Å². The van der Waals surface area contributed by atoms with E-state index in [1.54, 1.807) is 25.3 Å². The molecule has 2 heterocycles. The van der Waals surface area contributed by atoms with E-state index in [2.05, 4.69) is 31.8 Å². The molecule has 134 valence electrons. The van der Waals surface area contributed by atoms with Crippen LogP contribution in [0.1, 0.15) is 22.7 Å². The van der Waals surface area contributed by atoms with Crippen LogP contribution in [-0.2, 0) is 6.54 Å². The van der Waals surface area contributed by atoms with Gasteiger partial charge in [-0.25, -0.2) is 0 Å². The summed E-state index contributed by atoms with van der Waals surface area (Å²) in [5.74, 6) is 1.64. The van der Waals surface area contributed by atoms with Crippen molar-refractivity contribution >= 4 is 51.4 Å². The smallest absolute Gasteiger partial charge is 0.246 e. The zero-order valence-electron chi connectivity index (χ0n) is 13.9. The second-order valence-electron chi connectivity index (χ2n) is 5.24. The molecule has 3 aromatic rings. The highest BCUT2D eigenvalue weighted by Crippen LogP contribution is 2.29. The lowest BCUT2D eigenvalue weighted by molar-refractivity contribution is 0.184. The molecular weight excluding hydrogens is 453 g/mol. The van der Waals surface area contributed by atoms with Crippen LogP contribution in [-0.4, -0.2) is 34.8 Å². The molecule has 0 saturated heterocycles. The molecule has 0 saturated carbocycles. The topological polar surface area (TPSA) is 95.6 Å². The lowest BCUT2D eigenvalue weighted by atomic mass is 10.2. The number of halogens is 1. The highest BCUT2D eigenvalue weighted by molar-refractivity contribution is 14.0. The standard InChI is InChI=1S/C16H19N5O2S.HI/c1-10-20-15(23-21-10)9-19-16(17-2)18-8-12(22)14-7-11-5-3-4-6-13(11)24-14;/h3-7,12,22H,8-9H2,1-2H3,(H2,17,18,19);1H. The second kappa shape index (κ2) is 9.11. The van der Waals surface area contributed by atoms with Gasteiger partial charge in [-0.3, -0.25) is 4.99 Å². The number of aliphatic hydroxyl groups excluding tert-OH is 1. The molecule has 0 spiro atoms. The quantitative estimate of drug-likeness (QED) is 0.300. The molecule has 0 aliphatic heterocycles. The Labute approximate surface area is 166 Å². The molecule has 3 rings (SSSR count). The summed E-state index contributed by atoms with van der Waals surface area (Å²) >= 11 is 1.59. The molecule has 1 aromatic carbocycles. The summed E-state index contributed by atoms with van der Waals surface area (Å²) in [5.41, 5.74) is 0. The van der Waals surface area contributed by atoms with Crippen molar-refractivity contribution < 1.29 is 9.63 Å². The molecule has 0 radical (unpaired) electrons. The summed E-state index contributed by atoms with van der Waals surface area (Å²) in [6.07, 6.45) is -0.605. The van der Waals surface area contributed by atoms with Crippen LogP contribution in [0.4, 0.5) is 0 Å². The average molecular weight is 473 g/mol. The largest absolute Gasteiger partial charge is 0.386 e. The first-order valence-electron chi connectivity index (χ1n) is 7.56. The Hall–Kier alpha value is -1.72. The maximum Gasteiger partial charge on any atom is 0.246 e. The minimum absolute atomic E-state index is 0. The Balaban J connectivity index is 0.00000225. The van der Waals surface area contributed by atoms with Crippen molar-refractivity contribution in [1.29, 1.82) is 0 Å². The molecule has 25 heavy (non-hydrogen) atoms. The van der Waals surface area contributed by atoms with E-state index in [1.807, 2.05) is 24.3 Å². The summed E-state index contributed by atoms with van der Waals surface area (Å²) in [7, 11) is 1.67. The van der Waals surface area contributed by atoms with Gasteiger partial charge in [-0.2, -0.15) is 4.98 Å². The Morgan fingerprint density at radius 1 is 1.36 bits per heavy atom. The van der Waals surface area contributed by atoms with Gasteiger partial charge in [-0.05, 0) is 24.4 Å². The number of guanidine groups is 1. The summed E-state index contributed by atoms with van der Waals surface area (Å²) in [6, 6.07) is 10.1. The number of aromatic nitrogens is 2. The van der Waals surface area contributed by atoms with Gasteiger partial charge in [0.15, 0.2) is 11.8 Å². The molecule has 3 N–H and O–H groups in total. The normalized spacial score (nSPS) is 12.7. The fourth-order valence-electron chi connectivity index (χ4n) is 2.25. The number of hydrogen-bond donors (Lipinski definition) is 3. The molecule has 0 aliphatic rings. The minimum atomic E-state index is -0.605. The van der Waals surface area contributed by atoms with Crippen molar-refractivity contribution in [3.05, 3.63) is 46.9 Å². The molecular formula is C16H20IN5O2S. The van der Waals surface area contributed by atoms with Crippen LogP contribution in [0.5, 0.6) is 0 Å². The zero-order valence-corrected chi connectivity index (χ0v) is 17.0. The molecule has 1 atom stereocenters. The monoisotopic (exact) mass is 473 g/mol. The number of hydrogen-bond acceptors (Lipinski definition) is 6. The van der Waals surface area contributed by atoms with Crippen molar-refractivity contribution in [3.8, 4) is 0 Å². The predicted molar refractivity (Wildman–Crippen MR) is 109 cm³/mol. The summed E-state index contributed by atoms with van der Waals surface area (Å²) < 4.78 is 6.20. The van der Waals surface area contributed by atoms with Gasteiger partial charge in [0.05, 0.1) is 6.54 Å². The third kappa shape index (κ3) is 5.13. The van der Waals surface area contributed by atoms with Crippen LogP contribution < -0.4 is 10.6 Å². The maximum atomic E-state index is 10.4. The summed E-state index contributed by atoms with van der Waals surface area (Å²) in [6.45, 7) is 2.50. The maximum absolute atomic E-state index is 10.4. The number of aliphatic imine (C=N–C) groups is 1. The van der Waals surface area contributed by atoms with Crippen molar-refractivity contribution in [1.82, 2.24) is 20.8 Å². The Morgan fingerprint density at radius 3 is 2.84 bits per heavy atom. The fraction of sp³-hybridized carbons (Fsp3) is 0.312. The molecule has 0 fully saturated rings. The molecule has 1 unspecified atom stereocenters. The number of rotatable bonds is 5. The van der Waals surface area contributed by atoms with Gasteiger partial charge >= 0.3 is 0 Å². The first kappa shape index (κ1) is 19.6. The van der Waals surface area contributed by atoms with Crippen LogP contribution in [0.3, 0.4) is 0 Å². The lowest BCUT2D eigenvalue weighted by Gasteiger charge is -2.13. The van der Waals surface area contributed by atoms with Gasteiger partial charge in [-0.15, -0.1) is 35.3 Å². The highest BCUT2D eigenvalue weighted by atomic mass is 127. The number of aliphatic hydroxyl groups is 1. The van der Waals surface area contributed by atoms with Crippen LogP contribution >= 0.6 is 35.3 Å². The first-order chi connectivity index (χ1) is 11.7. The minimum Gasteiger partial charge on any atom is -0.386 e. The van der Waals surface area contributed by atoms with Crippen molar-refractivity contribution in [2.24, 2.45) is 4.99 Å². The van der Waals surface area contributed by atoms with Gasteiger partial charge in [-0.1, -0.05) is 23.4 Å². The van der Waals surface area contributed by atoms with E-state index in [0.29, 0.717) is 30.8 Å². The average Bonchev–Trinajstić information content (AvgIpc) is 3.20. The summed E-state index contributed by atoms with van der Waals surface area (Å²) in [4.78, 5) is 9.15. The van der Waals surface area contributed by atoms with Crippen molar-refractivity contribution in [3.63, 3.8) is 0 Å². The zero-order chi connectivity index (χ0) is 16.9. The summed E-state index contributed by atoms with van der Waals surface area (Å²) in [5, 5.41) is 21.4. The van der Waals surface area contributed by atoms with Crippen molar-refractivity contribution in [2.45, 2.75) is 19.6 Å². The van der Waals surface area contributed by atoms with Gasteiger partial charge in [0.2, 0.25) is 5.89 Å². The number of nitrogens with zero attached hydrogens (tertiary/aromatic N) is 3. The fourth-order valence-corrected chi connectivity index (χ4v) is 3.30. The van der Waals surface area contributed by atoms with E-state index >= 15 is 0 Å². The van der Waals surface area contributed by atoms with E-state index < -0.39 is 6.10 Å². The van der Waals surface area contributed by atoms with Crippen LogP contribution in [0, 0.1) is 6.92 Å². The number of fused-ring (bicyclic) bond motifs is 1. The van der Waals surface area contributed by atoms with E-state index in [9.17, 15) is 5.11 Å². The molecule has 2 aromatic heterocycles. The van der Waals surface area contributed by atoms with E-state index in [4.69, 9.17) is 4.52 Å². The molecule has 0 bridgehead atoms. The SMILES string of the molecule is CN=C(NCc1nc(C)no1)NCC(O)c1cc2ccccc2s1.I. The number of nitrogens with one attached hydrogen (secondary N) is 2. The Kier molecular flexibility index (Phi) is 7.14. The predicted octanol–water partition coefficient (Wildman–Crippen LogP) is 2.61. The van der Waals surface area contributed by atoms with Gasteiger partial charge in [0.1, 0.15) is 6.10 Å². The van der Waals surface area contributed by atoms with Gasteiger partial charge in [0.25, 0.3) is 0 Å². The Bertz CT molecular complexity index is 815. The van der Waals surface area contributed by atoms with Crippen molar-refractivity contribution in [2.75, 3.05) is 13.6 Å².